The number of hydrogen-bond donors (Lipinski definition) is 1. The summed E-state index contributed by atoms with van der Waals surface area (Å²) in [6.45, 7) is 1.56. The highest BCUT2D eigenvalue weighted by Crippen LogP contribution is 2.19. The van der Waals surface area contributed by atoms with E-state index in [0.717, 1.165) is 42.5 Å². The standard InChI is InChI=1S/C18H18ClFN6O2/c19-13-10-12(4-5-14(13)20)21-16(27)11-26-18(28)25-9-6-15(22-17(25)23-26)24-7-2-1-3-8-24/h4-6,9-10H,1-3,7-8,11H2,(H,21,27). The highest BCUT2D eigenvalue weighted by molar-refractivity contribution is 6.31. The SMILES string of the molecule is O=C(Cn1nc2nc(N3CCCCC3)ccn2c1=O)Nc1ccc(F)c(Cl)c1. The number of fused-ring (bicyclic) bond motifs is 1. The van der Waals surface area contributed by atoms with E-state index in [9.17, 15) is 14.0 Å². The zero-order valence-electron chi connectivity index (χ0n) is 14.9. The third-order valence-electron chi connectivity index (χ3n) is 4.62. The third-order valence-corrected chi connectivity index (χ3v) is 4.91. The van der Waals surface area contributed by atoms with Gasteiger partial charge in [-0.2, -0.15) is 4.98 Å². The molecular formula is C18H18ClFN6O2. The molecule has 8 nitrogen and oxygen atoms in total. The van der Waals surface area contributed by atoms with Crippen molar-refractivity contribution in [3.05, 3.63) is 51.8 Å². The molecule has 1 saturated heterocycles. The molecule has 1 aliphatic rings. The predicted molar refractivity (Wildman–Crippen MR) is 103 cm³/mol. The lowest BCUT2D eigenvalue weighted by Gasteiger charge is -2.27. The van der Waals surface area contributed by atoms with Gasteiger partial charge in [0.25, 0.3) is 5.78 Å². The summed E-state index contributed by atoms with van der Waals surface area (Å²) in [4.78, 5) is 31.3. The van der Waals surface area contributed by atoms with Crippen LogP contribution in [0.2, 0.25) is 5.02 Å². The first kappa shape index (κ1) is 18.4. The van der Waals surface area contributed by atoms with Gasteiger partial charge in [0.15, 0.2) is 0 Å². The van der Waals surface area contributed by atoms with Crippen LogP contribution < -0.4 is 15.9 Å². The van der Waals surface area contributed by atoms with Crippen molar-refractivity contribution in [1.29, 1.82) is 0 Å². The van der Waals surface area contributed by atoms with Gasteiger partial charge in [0.05, 0.1) is 5.02 Å². The van der Waals surface area contributed by atoms with Crippen LogP contribution >= 0.6 is 11.6 Å². The normalized spacial score (nSPS) is 14.4. The first-order valence-corrected chi connectivity index (χ1v) is 9.35. The van der Waals surface area contributed by atoms with Crippen molar-refractivity contribution in [3.63, 3.8) is 0 Å². The Morgan fingerprint density at radius 2 is 2.00 bits per heavy atom. The number of anilines is 2. The van der Waals surface area contributed by atoms with Crippen LogP contribution in [0.4, 0.5) is 15.9 Å². The Kier molecular flexibility index (Phi) is 4.99. The summed E-state index contributed by atoms with van der Waals surface area (Å²) < 4.78 is 15.6. The van der Waals surface area contributed by atoms with Crippen LogP contribution in [-0.2, 0) is 11.3 Å². The van der Waals surface area contributed by atoms with Gasteiger partial charge >= 0.3 is 5.69 Å². The number of benzene rings is 1. The molecule has 3 heterocycles. The lowest BCUT2D eigenvalue weighted by Crippen LogP contribution is -2.30. The molecular weight excluding hydrogens is 387 g/mol. The van der Waals surface area contributed by atoms with Gasteiger partial charge in [0.1, 0.15) is 18.2 Å². The number of aromatic nitrogens is 4. The fourth-order valence-electron chi connectivity index (χ4n) is 3.21. The lowest BCUT2D eigenvalue weighted by atomic mass is 10.1. The van der Waals surface area contributed by atoms with Gasteiger partial charge in [-0.25, -0.2) is 18.3 Å². The Labute approximate surface area is 164 Å². The molecule has 1 N–H and O–H groups in total. The van der Waals surface area contributed by atoms with Crippen molar-refractivity contribution < 1.29 is 9.18 Å². The number of nitrogens with one attached hydrogen (secondary N) is 1. The second-order valence-electron chi connectivity index (χ2n) is 6.62. The van der Waals surface area contributed by atoms with E-state index >= 15 is 0 Å². The van der Waals surface area contributed by atoms with E-state index in [-0.39, 0.29) is 17.3 Å². The molecule has 3 aromatic rings. The van der Waals surface area contributed by atoms with Crippen LogP contribution in [-0.4, -0.2) is 38.2 Å². The van der Waals surface area contributed by atoms with E-state index in [1.807, 2.05) is 0 Å². The lowest BCUT2D eigenvalue weighted by molar-refractivity contribution is -0.117. The molecule has 0 saturated carbocycles. The second-order valence-corrected chi connectivity index (χ2v) is 7.03. The molecule has 146 valence electrons. The summed E-state index contributed by atoms with van der Waals surface area (Å²) in [5, 5.41) is 6.63. The van der Waals surface area contributed by atoms with E-state index < -0.39 is 17.4 Å². The zero-order valence-corrected chi connectivity index (χ0v) is 15.7. The maximum atomic E-state index is 13.2. The summed E-state index contributed by atoms with van der Waals surface area (Å²) in [6, 6.07) is 5.62. The van der Waals surface area contributed by atoms with Crippen LogP contribution in [0.3, 0.4) is 0 Å². The zero-order chi connectivity index (χ0) is 19.7. The summed E-state index contributed by atoms with van der Waals surface area (Å²) >= 11 is 5.71. The second kappa shape index (κ2) is 7.59. The maximum absolute atomic E-state index is 13.2. The highest BCUT2D eigenvalue weighted by Gasteiger charge is 2.16. The van der Waals surface area contributed by atoms with Crippen molar-refractivity contribution in [2.75, 3.05) is 23.3 Å². The first-order chi connectivity index (χ1) is 13.5. The fraction of sp³-hybridized carbons (Fsp3) is 0.333. The Morgan fingerprint density at radius 3 is 2.75 bits per heavy atom. The van der Waals surface area contributed by atoms with Gasteiger partial charge in [0.2, 0.25) is 5.91 Å². The average molecular weight is 405 g/mol. The van der Waals surface area contributed by atoms with Crippen LogP contribution in [0.15, 0.2) is 35.3 Å². The number of amides is 1. The molecule has 4 rings (SSSR count). The number of carbonyl (C=O) groups excluding carboxylic acids is 1. The summed E-state index contributed by atoms with van der Waals surface area (Å²) in [6.07, 6.45) is 5.06. The van der Waals surface area contributed by atoms with E-state index in [1.54, 1.807) is 12.3 Å². The average Bonchev–Trinajstić information content (AvgIpc) is 3.00. The van der Waals surface area contributed by atoms with Gasteiger partial charge in [0, 0.05) is 25.0 Å². The molecule has 10 heteroatoms. The van der Waals surface area contributed by atoms with Crippen LogP contribution in [0.25, 0.3) is 5.78 Å². The van der Waals surface area contributed by atoms with E-state index in [1.165, 1.54) is 23.0 Å². The summed E-state index contributed by atoms with van der Waals surface area (Å²) in [5.74, 6) is -0.0447. The van der Waals surface area contributed by atoms with E-state index in [2.05, 4.69) is 20.3 Å². The van der Waals surface area contributed by atoms with Crippen molar-refractivity contribution in [2.24, 2.45) is 0 Å². The smallest absolute Gasteiger partial charge is 0.352 e. The monoisotopic (exact) mass is 404 g/mol. The molecule has 0 bridgehead atoms. The topological polar surface area (TPSA) is 84.5 Å². The number of rotatable bonds is 4. The minimum atomic E-state index is -0.577. The number of hydrogen-bond acceptors (Lipinski definition) is 5. The number of halogens is 2. The summed E-state index contributed by atoms with van der Waals surface area (Å²) in [5.41, 5.74) is -0.126. The van der Waals surface area contributed by atoms with Gasteiger partial charge in [-0.1, -0.05) is 11.6 Å². The quantitative estimate of drug-likeness (QED) is 0.721. The number of nitrogens with zero attached hydrogens (tertiary/aromatic N) is 5. The predicted octanol–water partition coefficient (Wildman–Crippen LogP) is 2.31. The molecule has 1 amide bonds. The fourth-order valence-corrected chi connectivity index (χ4v) is 3.39. The van der Waals surface area contributed by atoms with Crippen LogP contribution in [0.1, 0.15) is 19.3 Å². The molecule has 28 heavy (non-hydrogen) atoms. The molecule has 1 fully saturated rings. The van der Waals surface area contributed by atoms with Gasteiger partial charge < -0.3 is 10.2 Å². The molecule has 1 aromatic carbocycles. The molecule has 0 aliphatic carbocycles. The number of piperidine rings is 1. The van der Waals surface area contributed by atoms with Gasteiger partial charge in [-0.15, -0.1) is 5.10 Å². The van der Waals surface area contributed by atoms with Crippen LogP contribution in [0.5, 0.6) is 0 Å². The molecule has 0 unspecified atom stereocenters. The van der Waals surface area contributed by atoms with Gasteiger partial charge in [-0.3, -0.25) is 4.79 Å². The van der Waals surface area contributed by atoms with Gasteiger partial charge in [-0.05, 0) is 43.5 Å². The highest BCUT2D eigenvalue weighted by atomic mass is 35.5. The largest absolute Gasteiger partial charge is 0.356 e. The third kappa shape index (κ3) is 3.70. The molecule has 0 atom stereocenters. The van der Waals surface area contributed by atoms with Crippen LogP contribution in [0, 0.1) is 5.82 Å². The minimum Gasteiger partial charge on any atom is -0.356 e. The molecule has 2 aromatic heterocycles. The number of carbonyl (C=O) groups is 1. The Bertz CT molecular complexity index is 1090. The molecule has 0 radical (unpaired) electrons. The molecule has 0 spiro atoms. The summed E-state index contributed by atoms with van der Waals surface area (Å²) in [7, 11) is 0. The Morgan fingerprint density at radius 1 is 1.21 bits per heavy atom. The minimum absolute atomic E-state index is 0.0999. The van der Waals surface area contributed by atoms with E-state index in [4.69, 9.17) is 11.6 Å². The van der Waals surface area contributed by atoms with Crippen molar-refractivity contribution in [1.82, 2.24) is 19.2 Å². The Hall–Kier alpha value is -2.94. The molecule has 1 aliphatic heterocycles. The van der Waals surface area contributed by atoms with Crippen molar-refractivity contribution in [3.8, 4) is 0 Å². The Balaban J connectivity index is 1.53. The first-order valence-electron chi connectivity index (χ1n) is 8.97. The van der Waals surface area contributed by atoms with E-state index in [0.29, 0.717) is 5.69 Å². The van der Waals surface area contributed by atoms with Crippen molar-refractivity contribution >= 4 is 34.8 Å². The maximum Gasteiger partial charge on any atom is 0.352 e. The van der Waals surface area contributed by atoms with Crippen molar-refractivity contribution in [2.45, 2.75) is 25.8 Å².